The van der Waals surface area contributed by atoms with E-state index in [0.717, 1.165) is 23.1 Å². The van der Waals surface area contributed by atoms with Crippen LogP contribution in [0, 0.1) is 38.0 Å². The van der Waals surface area contributed by atoms with Crippen molar-refractivity contribution >= 4 is 11.8 Å². The molecule has 0 aliphatic rings. The average molecular weight is 332 g/mol. The van der Waals surface area contributed by atoms with Crippen LogP contribution in [-0.2, 0) is 9.53 Å². The summed E-state index contributed by atoms with van der Waals surface area (Å²) in [5.41, 5.74) is 3.81. The van der Waals surface area contributed by atoms with Crippen LogP contribution >= 0.6 is 0 Å². The number of hydrogen-bond donors (Lipinski definition) is 0. The number of hydrogen-bond acceptors (Lipinski definition) is 3. The lowest BCUT2D eigenvalue weighted by molar-refractivity contribution is -0.144. The quantitative estimate of drug-likeness (QED) is 0.416. The Labute approximate surface area is 146 Å². The Morgan fingerprint density at radius 1 is 1.08 bits per heavy atom. The molecule has 3 nitrogen and oxygen atoms in total. The monoisotopic (exact) mass is 332 g/mol. The summed E-state index contributed by atoms with van der Waals surface area (Å²) in [4.78, 5) is 25.4. The molecule has 0 aliphatic heterocycles. The zero-order valence-corrected chi connectivity index (χ0v) is 16.4. The van der Waals surface area contributed by atoms with Gasteiger partial charge < -0.3 is 4.74 Å². The van der Waals surface area contributed by atoms with E-state index in [-0.39, 0.29) is 17.1 Å². The molecule has 0 amide bonds. The Morgan fingerprint density at radius 2 is 1.58 bits per heavy atom. The molecular formula is C21H32O3. The van der Waals surface area contributed by atoms with Crippen molar-refractivity contribution in [2.75, 3.05) is 7.11 Å². The van der Waals surface area contributed by atoms with E-state index in [0.29, 0.717) is 12.0 Å². The third kappa shape index (κ3) is 5.47. The summed E-state index contributed by atoms with van der Waals surface area (Å²) in [5, 5.41) is 0. The first-order valence-corrected chi connectivity index (χ1v) is 8.66. The highest BCUT2D eigenvalue weighted by atomic mass is 16.5. The number of aryl methyl sites for hydroxylation is 3. The first-order chi connectivity index (χ1) is 11.0. The van der Waals surface area contributed by atoms with Gasteiger partial charge in [0.2, 0.25) is 0 Å². The molecule has 24 heavy (non-hydrogen) atoms. The lowest BCUT2D eigenvalue weighted by atomic mass is 9.79. The van der Waals surface area contributed by atoms with E-state index in [1.54, 1.807) is 0 Å². The standard InChI is InChI=1S/C21H32O3/c1-13-9-15(3)18(16(4)10-13)19(22)17(20(23)24-8)11-14(2)12-21(5,6)7/h9-10,14,17H,11-12H2,1-8H3. The molecule has 0 heterocycles. The summed E-state index contributed by atoms with van der Waals surface area (Å²) >= 11 is 0. The second-order valence-corrected chi connectivity index (χ2v) is 8.32. The van der Waals surface area contributed by atoms with Crippen LogP contribution < -0.4 is 0 Å². The molecule has 1 aromatic carbocycles. The fourth-order valence-electron chi connectivity index (χ4n) is 3.73. The summed E-state index contributed by atoms with van der Waals surface area (Å²) < 4.78 is 4.93. The Balaban J connectivity index is 3.13. The largest absolute Gasteiger partial charge is 0.468 e. The number of benzene rings is 1. The molecule has 0 spiro atoms. The van der Waals surface area contributed by atoms with Crippen LogP contribution in [0.3, 0.4) is 0 Å². The van der Waals surface area contributed by atoms with Gasteiger partial charge >= 0.3 is 5.97 Å². The van der Waals surface area contributed by atoms with Crippen molar-refractivity contribution in [3.05, 3.63) is 34.4 Å². The van der Waals surface area contributed by atoms with Crippen molar-refractivity contribution in [1.82, 2.24) is 0 Å². The van der Waals surface area contributed by atoms with Crippen LogP contribution in [0.15, 0.2) is 12.1 Å². The van der Waals surface area contributed by atoms with Crippen molar-refractivity contribution in [2.24, 2.45) is 17.3 Å². The second-order valence-electron chi connectivity index (χ2n) is 8.32. The normalized spacial score (nSPS) is 14.2. The fourth-order valence-corrected chi connectivity index (χ4v) is 3.73. The van der Waals surface area contributed by atoms with Gasteiger partial charge in [0.1, 0.15) is 5.92 Å². The molecule has 0 fully saturated rings. The maximum Gasteiger partial charge on any atom is 0.316 e. The Bertz CT molecular complexity index is 585. The van der Waals surface area contributed by atoms with Gasteiger partial charge in [-0.3, -0.25) is 9.59 Å². The Hall–Kier alpha value is -1.64. The van der Waals surface area contributed by atoms with Crippen molar-refractivity contribution in [1.29, 1.82) is 0 Å². The molecule has 3 heteroatoms. The molecule has 0 radical (unpaired) electrons. The van der Waals surface area contributed by atoms with Gasteiger partial charge in [-0.25, -0.2) is 0 Å². The predicted molar refractivity (Wildman–Crippen MR) is 98.3 cm³/mol. The Kier molecular flexibility index (Phi) is 6.76. The van der Waals surface area contributed by atoms with E-state index in [4.69, 9.17) is 4.74 Å². The minimum Gasteiger partial charge on any atom is -0.468 e. The Morgan fingerprint density at radius 3 is 2.00 bits per heavy atom. The van der Waals surface area contributed by atoms with Crippen LogP contribution in [0.25, 0.3) is 0 Å². The van der Waals surface area contributed by atoms with Crippen molar-refractivity contribution in [3.63, 3.8) is 0 Å². The highest BCUT2D eigenvalue weighted by molar-refractivity contribution is 6.10. The minimum atomic E-state index is -0.729. The van der Waals surface area contributed by atoms with Crippen LogP contribution in [0.2, 0.25) is 0 Å². The van der Waals surface area contributed by atoms with Gasteiger partial charge in [0.15, 0.2) is 5.78 Å². The van der Waals surface area contributed by atoms with E-state index in [2.05, 4.69) is 27.7 Å². The summed E-state index contributed by atoms with van der Waals surface area (Å²) in [6.07, 6.45) is 1.48. The van der Waals surface area contributed by atoms with Crippen molar-refractivity contribution in [3.8, 4) is 0 Å². The predicted octanol–water partition coefficient (Wildman–Crippen LogP) is 5.05. The molecule has 1 aromatic rings. The van der Waals surface area contributed by atoms with Crippen LogP contribution in [0.4, 0.5) is 0 Å². The molecule has 2 atom stereocenters. The zero-order valence-electron chi connectivity index (χ0n) is 16.4. The average Bonchev–Trinajstić information content (AvgIpc) is 2.40. The molecule has 0 aliphatic carbocycles. The molecule has 0 saturated heterocycles. The zero-order chi connectivity index (χ0) is 18.7. The highest BCUT2D eigenvalue weighted by Gasteiger charge is 2.32. The van der Waals surface area contributed by atoms with Gasteiger partial charge in [-0.05, 0) is 56.1 Å². The fraction of sp³-hybridized carbons (Fsp3) is 0.619. The molecule has 0 N–H and O–H groups in total. The molecular weight excluding hydrogens is 300 g/mol. The third-order valence-corrected chi connectivity index (χ3v) is 4.32. The highest BCUT2D eigenvalue weighted by Crippen LogP contribution is 2.30. The van der Waals surface area contributed by atoms with Gasteiger partial charge in [-0.15, -0.1) is 0 Å². The maximum atomic E-state index is 13.1. The van der Waals surface area contributed by atoms with E-state index < -0.39 is 11.9 Å². The second kappa shape index (κ2) is 7.96. The molecule has 2 unspecified atom stereocenters. The number of ether oxygens (including phenoxy) is 1. The number of rotatable bonds is 6. The molecule has 134 valence electrons. The number of methoxy groups -OCH3 is 1. The first-order valence-electron chi connectivity index (χ1n) is 8.66. The summed E-state index contributed by atoms with van der Waals surface area (Å²) in [5.74, 6) is -1.01. The molecule has 1 rings (SSSR count). The van der Waals surface area contributed by atoms with Crippen LogP contribution in [0.1, 0.15) is 67.6 Å². The van der Waals surface area contributed by atoms with Crippen molar-refractivity contribution < 1.29 is 14.3 Å². The number of esters is 1. The molecule has 0 aromatic heterocycles. The van der Waals surface area contributed by atoms with Crippen LogP contribution in [-0.4, -0.2) is 18.9 Å². The van der Waals surface area contributed by atoms with Gasteiger partial charge in [-0.1, -0.05) is 45.4 Å². The topological polar surface area (TPSA) is 43.4 Å². The number of carbonyl (C=O) groups is 2. The lowest BCUT2D eigenvalue weighted by Crippen LogP contribution is -2.29. The van der Waals surface area contributed by atoms with Gasteiger partial charge in [-0.2, -0.15) is 0 Å². The van der Waals surface area contributed by atoms with E-state index in [9.17, 15) is 9.59 Å². The van der Waals surface area contributed by atoms with Crippen LogP contribution in [0.5, 0.6) is 0 Å². The van der Waals surface area contributed by atoms with Gasteiger partial charge in [0.05, 0.1) is 7.11 Å². The van der Waals surface area contributed by atoms with E-state index >= 15 is 0 Å². The maximum absolute atomic E-state index is 13.1. The summed E-state index contributed by atoms with van der Waals surface area (Å²) in [6, 6.07) is 3.99. The SMILES string of the molecule is COC(=O)C(CC(C)CC(C)(C)C)C(=O)c1c(C)cc(C)cc1C. The van der Waals surface area contributed by atoms with E-state index in [1.165, 1.54) is 7.11 Å². The first kappa shape index (κ1) is 20.4. The van der Waals surface area contributed by atoms with Gasteiger partial charge in [0.25, 0.3) is 0 Å². The molecule has 0 bridgehead atoms. The summed E-state index contributed by atoms with van der Waals surface area (Å²) in [6.45, 7) is 14.5. The number of carbonyl (C=O) groups excluding carboxylic acids is 2. The number of Topliss-reactive ketones (excluding diaryl/α,β-unsaturated/α-hetero) is 1. The minimum absolute atomic E-state index is 0.113. The molecule has 0 saturated carbocycles. The number of ketones is 1. The van der Waals surface area contributed by atoms with Crippen molar-refractivity contribution in [2.45, 2.75) is 61.3 Å². The van der Waals surface area contributed by atoms with Gasteiger partial charge in [0, 0.05) is 5.56 Å². The third-order valence-electron chi connectivity index (χ3n) is 4.32. The lowest BCUT2D eigenvalue weighted by Gasteiger charge is -2.26. The smallest absolute Gasteiger partial charge is 0.316 e. The van der Waals surface area contributed by atoms with E-state index in [1.807, 2.05) is 32.9 Å². The summed E-state index contributed by atoms with van der Waals surface area (Å²) in [7, 11) is 1.35.